The van der Waals surface area contributed by atoms with Crippen LogP contribution in [0.3, 0.4) is 0 Å². The quantitative estimate of drug-likeness (QED) is 0.167. The van der Waals surface area contributed by atoms with Crippen LogP contribution in [-0.4, -0.2) is 9.13 Å². The third-order valence-electron chi connectivity index (χ3n) is 19.8. The first-order valence-corrected chi connectivity index (χ1v) is 29.6. The highest BCUT2D eigenvalue weighted by molar-refractivity contribution is 6.13. The number of rotatable bonds is 5. The lowest BCUT2D eigenvalue weighted by molar-refractivity contribution is 0.714. The molecule has 1 atom stereocenters. The van der Waals surface area contributed by atoms with Gasteiger partial charge in [0.05, 0.1) is 44.4 Å². The predicted octanol–water partition coefficient (Wildman–Crippen LogP) is 19.9. The van der Waals surface area contributed by atoms with E-state index in [-0.39, 0.29) is 0 Å². The molecule has 0 bridgehead atoms. The largest absolute Gasteiger partial charge is 0.313 e. The van der Waals surface area contributed by atoms with Gasteiger partial charge in [-0.3, -0.25) is 0 Å². The highest BCUT2D eigenvalue weighted by Gasteiger charge is 2.54. The van der Waals surface area contributed by atoms with Gasteiger partial charge < -0.3 is 14.0 Å². The summed E-state index contributed by atoms with van der Waals surface area (Å²) < 4.78 is 5.27. The third-order valence-corrected chi connectivity index (χ3v) is 19.8. The molecule has 0 fully saturated rings. The van der Waals surface area contributed by atoms with Crippen LogP contribution in [0.25, 0.3) is 89.1 Å². The molecule has 6 aliphatic carbocycles. The Kier molecular flexibility index (Phi) is 9.15. The van der Waals surface area contributed by atoms with Gasteiger partial charge in [0.25, 0.3) is 0 Å². The number of allylic oxidation sites excluding steroid dienone is 5. The van der Waals surface area contributed by atoms with Crippen LogP contribution in [0, 0.1) is 0 Å². The van der Waals surface area contributed by atoms with Gasteiger partial charge in [0.2, 0.25) is 0 Å². The molecule has 2 aromatic heterocycles. The second kappa shape index (κ2) is 16.7. The molecule has 2 spiro atoms. The van der Waals surface area contributed by atoms with Crippen molar-refractivity contribution in [2.75, 3.05) is 4.90 Å². The SMILES string of the molecule is C1=CC2=C(CC1)C1(c3ccccc32)c2ccccc2-c2cc3c4c(n(-c5cc(N(c6ccccc6)c6ccccc6)cc(-n6c7ccccc7c7cc8c(cc76)C6(c7ccccc7-c7ccccc76)c6ccccc6-8)c5)c3cc21)CCC=C4. The standard InChI is InChI=1S/C80H53N3/c1-3-23-50(24-4-1)81(51-25-5-2-6-26-51)52-43-53(82-75-41-21-13-33-61(75)65-46-63-59-31-11-19-39-71(59)79(73(63)48-77(65)82)67-35-15-7-27-55(67)56-28-8-16-36-68(56)79)45-54(44-52)83-76-42-22-14-34-62(76)66-47-64-60-32-12-20-40-72(60)80(74(64)49-78(66)83)69-37-17-9-29-57(69)58-30-10-18-38-70(58)80/h1-17,19-21,23-37,39-41,43-49H,18,22,38,42H2. The molecule has 388 valence electrons. The van der Waals surface area contributed by atoms with Gasteiger partial charge in [-0.25, -0.2) is 0 Å². The number of hydrogen-bond acceptors (Lipinski definition) is 1. The molecule has 0 saturated heterocycles. The van der Waals surface area contributed by atoms with E-state index in [1.54, 1.807) is 0 Å². The number of hydrogen-bond donors (Lipinski definition) is 0. The van der Waals surface area contributed by atoms with E-state index >= 15 is 0 Å². The van der Waals surface area contributed by atoms with Gasteiger partial charge in [-0.1, -0.05) is 200 Å². The van der Waals surface area contributed by atoms with Crippen LogP contribution < -0.4 is 4.90 Å². The topological polar surface area (TPSA) is 13.1 Å². The van der Waals surface area contributed by atoms with Gasteiger partial charge in [-0.15, -0.1) is 0 Å². The molecule has 83 heavy (non-hydrogen) atoms. The number of anilines is 3. The van der Waals surface area contributed by atoms with Crippen LogP contribution in [0.2, 0.25) is 0 Å². The van der Waals surface area contributed by atoms with Crippen LogP contribution in [0.15, 0.2) is 273 Å². The molecule has 0 amide bonds. The van der Waals surface area contributed by atoms with Crippen LogP contribution in [0.5, 0.6) is 0 Å². The van der Waals surface area contributed by atoms with E-state index in [2.05, 4.69) is 287 Å². The molecule has 6 aliphatic rings. The molecular weight excluding hydrogens is 1000 g/mol. The van der Waals surface area contributed by atoms with Gasteiger partial charge in [0, 0.05) is 38.8 Å². The molecular formula is C80H53N3. The Morgan fingerprint density at radius 3 is 1.42 bits per heavy atom. The smallest absolute Gasteiger partial charge is 0.0726 e. The van der Waals surface area contributed by atoms with Crippen molar-refractivity contribution in [1.29, 1.82) is 0 Å². The van der Waals surface area contributed by atoms with Crippen LogP contribution in [-0.2, 0) is 17.3 Å². The van der Waals surface area contributed by atoms with Crippen LogP contribution in [0.1, 0.15) is 75.0 Å². The minimum absolute atomic E-state index is 0.396. The fourth-order valence-electron chi connectivity index (χ4n) is 16.8. The second-order valence-electron chi connectivity index (χ2n) is 23.6. The Hall–Kier alpha value is -10.2. The summed E-state index contributed by atoms with van der Waals surface area (Å²) in [5.74, 6) is 0. The van der Waals surface area contributed by atoms with Crippen molar-refractivity contribution in [3.63, 3.8) is 0 Å². The number of aromatic nitrogens is 2. The summed E-state index contributed by atoms with van der Waals surface area (Å²) >= 11 is 0. The van der Waals surface area contributed by atoms with Crippen LogP contribution >= 0.6 is 0 Å². The molecule has 0 radical (unpaired) electrons. The highest BCUT2D eigenvalue weighted by atomic mass is 15.1. The Balaban J connectivity index is 0.928. The Morgan fingerprint density at radius 1 is 0.313 bits per heavy atom. The van der Waals surface area contributed by atoms with Crippen molar-refractivity contribution in [2.24, 2.45) is 0 Å². The maximum Gasteiger partial charge on any atom is 0.0726 e. The van der Waals surface area contributed by atoms with Crippen molar-refractivity contribution >= 4 is 61.4 Å². The van der Waals surface area contributed by atoms with Gasteiger partial charge in [-0.2, -0.15) is 0 Å². The molecule has 13 aromatic rings. The molecule has 1 unspecified atom stereocenters. The molecule has 0 N–H and O–H groups in total. The first kappa shape index (κ1) is 45.5. The van der Waals surface area contributed by atoms with E-state index in [1.807, 2.05) is 0 Å². The zero-order chi connectivity index (χ0) is 54.1. The monoisotopic (exact) mass is 1060 g/mol. The average molecular weight is 1060 g/mol. The maximum absolute atomic E-state index is 2.67. The zero-order valence-electron chi connectivity index (χ0n) is 45.7. The first-order valence-electron chi connectivity index (χ1n) is 29.6. The number of benzene rings is 11. The van der Waals surface area contributed by atoms with Gasteiger partial charge in [0.1, 0.15) is 0 Å². The summed E-state index contributed by atoms with van der Waals surface area (Å²) in [7, 11) is 0. The summed E-state index contributed by atoms with van der Waals surface area (Å²) in [5.41, 5.74) is 32.8. The fraction of sp³-hybridized carbons (Fsp3) is 0.0750. The lowest BCUT2D eigenvalue weighted by Crippen LogP contribution is -2.27. The van der Waals surface area contributed by atoms with E-state index in [0.29, 0.717) is 0 Å². The van der Waals surface area contributed by atoms with Crippen molar-refractivity contribution < 1.29 is 0 Å². The Morgan fingerprint density at radius 2 is 0.783 bits per heavy atom. The number of nitrogens with zero attached hydrogens (tertiary/aromatic N) is 3. The minimum Gasteiger partial charge on any atom is -0.313 e. The number of fused-ring (bicyclic) bond motifs is 25. The van der Waals surface area contributed by atoms with Gasteiger partial charge >= 0.3 is 0 Å². The Bertz CT molecular complexity index is 5010. The van der Waals surface area contributed by atoms with Gasteiger partial charge in [-0.05, 0) is 188 Å². The van der Waals surface area contributed by atoms with Crippen LogP contribution in [0.4, 0.5) is 17.1 Å². The molecule has 0 saturated carbocycles. The zero-order valence-corrected chi connectivity index (χ0v) is 45.7. The lowest BCUT2D eigenvalue weighted by atomic mass is 9.68. The summed E-state index contributed by atoms with van der Waals surface area (Å²) in [4.78, 5) is 2.46. The third kappa shape index (κ3) is 5.79. The summed E-state index contributed by atoms with van der Waals surface area (Å²) in [6.07, 6.45) is 13.6. The van der Waals surface area contributed by atoms with E-state index in [1.165, 1.54) is 133 Å². The van der Waals surface area contributed by atoms with E-state index in [0.717, 1.165) is 54.1 Å². The molecule has 11 aromatic carbocycles. The summed E-state index contributed by atoms with van der Waals surface area (Å²) in [6.45, 7) is 0. The average Bonchev–Trinajstić information content (AvgIpc) is 1.64. The first-order chi connectivity index (χ1) is 41.2. The van der Waals surface area contributed by atoms with E-state index in [4.69, 9.17) is 0 Å². The highest BCUT2D eigenvalue weighted by Crippen LogP contribution is 2.66. The van der Waals surface area contributed by atoms with Crippen molar-refractivity contribution in [1.82, 2.24) is 9.13 Å². The number of para-hydroxylation sites is 3. The molecule has 3 heteroatoms. The van der Waals surface area contributed by atoms with Crippen molar-refractivity contribution in [2.45, 2.75) is 36.5 Å². The maximum atomic E-state index is 2.67. The normalized spacial score (nSPS) is 16.7. The van der Waals surface area contributed by atoms with Crippen molar-refractivity contribution in [3.8, 4) is 44.8 Å². The van der Waals surface area contributed by atoms with E-state index < -0.39 is 10.8 Å². The second-order valence-corrected chi connectivity index (χ2v) is 23.6. The van der Waals surface area contributed by atoms with E-state index in [9.17, 15) is 0 Å². The fourth-order valence-corrected chi connectivity index (χ4v) is 16.8. The summed E-state index contributed by atoms with van der Waals surface area (Å²) in [5, 5.41) is 3.79. The Labute approximate surface area is 482 Å². The lowest BCUT2D eigenvalue weighted by Gasteiger charge is -2.33. The minimum atomic E-state index is -0.489. The summed E-state index contributed by atoms with van der Waals surface area (Å²) in [6, 6.07) is 94.9. The molecule has 3 nitrogen and oxygen atoms in total. The van der Waals surface area contributed by atoms with Crippen molar-refractivity contribution in [3.05, 3.63) is 328 Å². The molecule has 0 aliphatic heterocycles. The predicted molar refractivity (Wildman–Crippen MR) is 343 cm³/mol. The molecule has 2 heterocycles. The molecule has 19 rings (SSSR count). The van der Waals surface area contributed by atoms with Gasteiger partial charge in [0.15, 0.2) is 0 Å².